The smallest absolute Gasteiger partial charge is 0.0499 e. The highest BCUT2D eigenvalue weighted by molar-refractivity contribution is 9.10. The molecule has 0 heterocycles. The molecular weight excluding hydrogens is 312 g/mol. The summed E-state index contributed by atoms with van der Waals surface area (Å²) in [6.45, 7) is 6.72. The second-order valence-corrected chi connectivity index (χ2v) is 6.87. The summed E-state index contributed by atoms with van der Waals surface area (Å²) in [6, 6.07) is 9.24. The second kappa shape index (κ2) is 7.58. The molecule has 1 fully saturated rings. The largest absolute Gasteiger partial charge is 0.326 e. The van der Waals surface area contributed by atoms with Crippen LogP contribution in [0, 0.1) is 5.92 Å². The van der Waals surface area contributed by atoms with Crippen molar-refractivity contribution in [3.8, 4) is 0 Å². The molecule has 1 aromatic rings. The molecule has 1 saturated carbocycles. The first-order valence-electron chi connectivity index (χ1n) is 7.90. The minimum absolute atomic E-state index is 0.205. The monoisotopic (exact) mass is 338 g/mol. The van der Waals surface area contributed by atoms with Crippen LogP contribution in [0.4, 0.5) is 0 Å². The van der Waals surface area contributed by atoms with Crippen molar-refractivity contribution in [2.24, 2.45) is 11.7 Å². The van der Waals surface area contributed by atoms with Crippen molar-refractivity contribution in [2.45, 2.75) is 51.6 Å². The molecule has 2 nitrogen and oxygen atoms in total. The fraction of sp³-hybridized carbons (Fsp3) is 0.647. The van der Waals surface area contributed by atoms with Gasteiger partial charge in [0.25, 0.3) is 0 Å². The van der Waals surface area contributed by atoms with Crippen molar-refractivity contribution in [2.75, 3.05) is 13.1 Å². The molecule has 20 heavy (non-hydrogen) atoms. The number of halogens is 1. The average Bonchev–Trinajstić information content (AvgIpc) is 2.42. The van der Waals surface area contributed by atoms with Crippen LogP contribution in [0.3, 0.4) is 0 Å². The summed E-state index contributed by atoms with van der Waals surface area (Å²) in [5.74, 6) is 0.886. The summed E-state index contributed by atoms with van der Waals surface area (Å²) in [5, 5.41) is 0. The number of hydrogen-bond donors (Lipinski definition) is 1. The van der Waals surface area contributed by atoms with Gasteiger partial charge in [-0.25, -0.2) is 0 Å². The number of rotatable bonds is 7. The zero-order valence-corrected chi connectivity index (χ0v) is 14.3. The Balaban J connectivity index is 2.17. The van der Waals surface area contributed by atoms with E-state index in [9.17, 15) is 0 Å². The molecule has 0 aliphatic heterocycles. The lowest BCUT2D eigenvalue weighted by atomic mass is 9.84. The van der Waals surface area contributed by atoms with Crippen molar-refractivity contribution in [1.29, 1.82) is 0 Å². The van der Waals surface area contributed by atoms with E-state index in [1.807, 2.05) is 0 Å². The summed E-state index contributed by atoms with van der Waals surface area (Å²) >= 11 is 3.52. The highest BCUT2D eigenvalue weighted by Gasteiger charge is 2.28. The third kappa shape index (κ3) is 3.84. The van der Waals surface area contributed by atoms with Crippen LogP contribution in [-0.2, 0) is 0 Å². The Hall–Kier alpha value is -0.380. The van der Waals surface area contributed by atoms with Crippen molar-refractivity contribution >= 4 is 15.9 Å². The summed E-state index contributed by atoms with van der Waals surface area (Å²) in [5.41, 5.74) is 7.80. The van der Waals surface area contributed by atoms with Gasteiger partial charge in [0, 0.05) is 23.1 Å². The lowest BCUT2D eigenvalue weighted by Crippen LogP contribution is -2.43. The SMILES string of the molecule is CCC(N)C(c1ccc(Br)cc1)N(CC)CC1CCC1. The summed E-state index contributed by atoms with van der Waals surface area (Å²) in [7, 11) is 0. The molecule has 2 unspecified atom stereocenters. The highest BCUT2D eigenvalue weighted by Crippen LogP contribution is 2.32. The molecular formula is C17H27BrN2. The van der Waals surface area contributed by atoms with Crippen LogP contribution in [0.1, 0.15) is 51.1 Å². The Morgan fingerprint density at radius 2 is 1.90 bits per heavy atom. The minimum atomic E-state index is 0.205. The zero-order valence-electron chi connectivity index (χ0n) is 12.7. The van der Waals surface area contributed by atoms with E-state index in [1.165, 1.54) is 31.4 Å². The molecule has 0 aromatic heterocycles. The van der Waals surface area contributed by atoms with Crippen LogP contribution in [0.15, 0.2) is 28.7 Å². The molecule has 1 aromatic carbocycles. The summed E-state index contributed by atoms with van der Waals surface area (Å²) in [6.07, 6.45) is 5.21. The molecule has 0 radical (unpaired) electrons. The van der Waals surface area contributed by atoms with E-state index in [1.54, 1.807) is 0 Å². The van der Waals surface area contributed by atoms with Crippen molar-refractivity contribution in [3.05, 3.63) is 34.3 Å². The van der Waals surface area contributed by atoms with Gasteiger partial charge in [0.05, 0.1) is 0 Å². The van der Waals surface area contributed by atoms with Crippen LogP contribution in [0.25, 0.3) is 0 Å². The van der Waals surface area contributed by atoms with Gasteiger partial charge < -0.3 is 5.73 Å². The Morgan fingerprint density at radius 3 is 2.35 bits per heavy atom. The Kier molecular flexibility index (Phi) is 6.06. The lowest BCUT2D eigenvalue weighted by Gasteiger charge is -2.39. The number of hydrogen-bond acceptors (Lipinski definition) is 2. The van der Waals surface area contributed by atoms with E-state index < -0.39 is 0 Å². The second-order valence-electron chi connectivity index (χ2n) is 5.95. The van der Waals surface area contributed by atoms with E-state index in [2.05, 4.69) is 58.9 Å². The Morgan fingerprint density at radius 1 is 1.25 bits per heavy atom. The zero-order chi connectivity index (χ0) is 14.5. The lowest BCUT2D eigenvalue weighted by molar-refractivity contribution is 0.121. The third-order valence-electron chi connectivity index (χ3n) is 4.61. The maximum Gasteiger partial charge on any atom is 0.0499 e. The van der Waals surface area contributed by atoms with Gasteiger partial charge in [-0.1, -0.05) is 48.3 Å². The average molecular weight is 339 g/mol. The number of nitrogens with two attached hydrogens (primary N) is 1. The topological polar surface area (TPSA) is 29.3 Å². The normalized spacial score (nSPS) is 18.9. The molecule has 0 spiro atoms. The molecule has 112 valence electrons. The number of nitrogens with zero attached hydrogens (tertiary/aromatic N) is 1. The van der Waals surface area contributed by atoms with E-state index >= 15 is 0 Å². The van der Waals surface area contributed by atoms with E-state index in [4.69, 9.17) is 5.73 Å². The maximum absolute atomic E-state index is 6.45. The van der Waals surface area contributed by atoms with Crippen LogP contribution >= 0.6 is 15.9 Å². The Labute approximate surface area is 131 Å². The fourth-order valence-electron chi connectivity index (χ4n) is 3.06. The molecule has 2 atom stereocenters. The molecule has 3 heteroatoms. The summed E-state index contributed by atoms with van der Waals surface area (Å²) in [4.78, 5) is 2.58. The predicted molar refractivity (Wildman–Crippen MR) is 89.7 cm³/mol. The van der Waals surface area contributed by atoms with E-state index in [0.29, 0.717) is 6.04 Å². The van der Waals surface area contributed by atoms with Gasteiger partial charge in [-0.2, -0.15) is 0 Å². The number of benzene rings is 1. The van der Waals surface area contributed by atoms with Gasteiger partial charge in [0.2, 0.25) is 0 Å². The molecule has 1 aliphatic carbocycles. The molecule has 0 bridgehead atoms. The molecule has 2 rings (SSSR count). The predicted octanol–water partition coefficient (Wildman–Crippen LogP) is 4.35. The Bertz CT molecular complexity index is 400. The third-order valence-corrected chi connectivity index (χ3v) is 5.13. The van der Waals surface area contributed by atoms with Gasteiger partial charge in [0.15, 0.2) is 0 Å². The quantitative estimate of drug-likeness (QED) is 0.800. The maximum atomic E-state index is 6.45. The molecule has 0 amide bonds. The van der Waals surface area contributed by atoms with Crippen LogP contribution in [-0.4, -0.2) is 24.0 Å². The van der Waals surface area contributed by atoms with Crippen molar-refractivity contribution in [1.82, 2.24) is 4.90 Å². The van der Waals surface area contributed by atoms with Crippen molar-refractivity contribution < 1.29 is 0 Å². The van der Waals surface area contributed by atoms with Gasteiger partial charge in [-0.15, -0.1) is 0 Å². The van der Waals surface area contributed by atoms with Gasteiger partial charge in [-0.05, 0) is 49.4 Å². The van der Waals surface area contributed by atoms with E-state index in [0.717, 1.165) is 23.4 Å². The summed E-state index contributed by atoms with van der Waals surface area (Å²) < 4.78 is 1.13. The fourth-order valence-corrected chi connectivity index (χ4v) is 3.32. The van der Waals surface area contributed by atoms with Crippen LogP contribution < -0.4 is 5.73 Å². The van der Waals surface area contributed by atoms with Gasteiger partial charge >= 0.3 is 0 Å². The van der Waals surface area contributed by atoms with Crippen molar-refractivity contribution in [3.63, 3.8) is 0 Å². The van der Waals surface area contributed by atoms with Crippen LogP contribution in [0.5, 0.6) is 0 Å². The van der Waals surface area contributed by atoms with Gasteiger partial charge in [-0.3, -0.25) is 4.90 Å². The first-order chi connectivity index (χ1) is 9.65. The standard InChI is InChI=1S/C17H27BrN2/c1-3-16(19)17(14-8-10-15(18)11-9-14)20(4-2)12-13-6-5-7-13/h8-11,13,16-17H,3-7,12,19H2,1-2H3. The van der Waals surface area contributed by atoms with E-state index in [-0.39, 0.29) is 6.04 Å². The number of likely N-dealkylation sites (N-methyl/N-ethyl adjacent to an activating group) is 1. The molecule has 0 saturated heterocycles. The first-order valence-corrected chi connectivity index (χ1v) is 8.70. The molecule has 2 N–H and O–H groups in total. The first kappa shape index (κ1) is 16.0. The highest BCUT2D eigenvalue weighted by atomic mass is 79.9. The van der Waals surface area contributed by atoms with Crippen LogP contribution in [0.2, 0.25) is 0 Å². The minimum Gasteiger partial charge on any atom is -0.326 e. The van der Waals surface area contributed by atoms with Gasteiger partial charge in [0.1, 0.15) is 0 Å². The molecule has 1 aliphatic rings.